The van der Waals surface area contributed by atoms with Gasteiger partial charge in [-0.25, -0.2) is 9.59 Å². The fraction of sp³-hybridized carbons (Fsp3) is 0.231. The number of hydrogen-bond donors (Lipinski definition) is 1. The zero-order chi connectivity index (χ0) is 14.0. The number of primary amides is 1. The minimum Gasteiger partial charge on any atom is -0.463 e. The molecule has 0 bridgehead atoms. The maximum atomic E-state index is 10.4. The van der Waals surface area contributed by atoms with E-state index in [0.29, 0.717) is 17.9 Å². The lowest BCUT2D eigenvalue weighted by atomic mass is 10.3. The largest absolute Gasteiger partial charge is 0.463 e. The van der Waals surface area contributed by atoms with Gasteiger partial charge in [0.15, 0.2) is 0 Å². The first-order valence-corrected chi connectivity index (χ1v) is 5.32. The fourth-order valence-corrected chi connectivity index (χ4v) is 0.859. The van der Waals surface area contributed by atoms with E-state index in [2.05, 4.69) is 16.1 Å². The van der Waals surface area contributed by atoms with Crippen LogP contribution >= 0.6 is 0 Å². The average Bonchev–Trinajstić information content (AvgIpc) is 2.30. The van der Waals surface area contributed by atoms with Gasteiger partial charge in [-0.3, -0.25) is 0 Å². The van der Waals surface area contributed by atoms with Crippen LogP contribution in [0.3, 0.4) is 0 Å². The fourth-order valence-electron chi connectivity index (χ4n) is 0.859. The van der Waals surface area contributed by atoms with Crippen molar-refractivity contribution in [1.82, 2.24) is 0 Å². The smallest absolute Gasteiger partial charge is 0.409 e. The Bertz CT molecular complexity index is 401. The molecule has 0 spiro atoms. The number of para-hydroxylation sites is 1. The lowest BCUT2D eigenvalue weighted by molar-refractivity contribution is -0.138. The van der Waals surface area contributed by atoms with E-state index < -0.39 is 6.09 Å². The van der Waals surface area contributed by atoms with Crippen LogP contribution in [0, 0.1) is 0 Å². The Balaban J connectivity index is 0.000000331. The van der Waals surface area contributed by atoms with E-state index in [9.17, 15) is 9.59 Å². The first kappa shape index (κ1) is 15.7. The van der Waals surface area contributed by atoms with E-state index in [4.69, 9.17) is 5.73 Å². The van der Waals surface area contributed by atoms with Crippen LogP contribution in [0.4, 0.5) is 4.79 Å². The summed E-state index contributed by atoms with van der Waals surface area (Å²) in [4.78, 5) is 20.6. The molecule has 0 radical (unpaired) electrons. The number of ether oxygens (including phenoxy) is 2. The molecular formula is C13H17NO4. The van der Waals surface area contributed by atoms with Crippen molar-refractivity contribution in [1.29, 1.82) is 0 Å². The van der Waals surface area contributed by atoms with Crippen LogP contribution in [-0.4, -0.2) is 18.7 Å². The summed E-state index contributed by atoms with van der Waals surface area (Å²) >= 11 is 0. The van der Waals surface area contributed by atoms with Gasteiger partial charge in [-0.05, 0) is 26.0 Å². The third-order valence-corrected chi connectivity index (χ3v) is 1.59. The molecule has 5 nitrogen and oxygen atoms in total. The van der Waals surface area contributed by atoms with Gasteiger partial charge in [0.25, 0.3) is 0 Å². The van der Waals surface area contributed by atoms with Crippen molar-refractivity contribution in [2.75, 3.05) is 6.61 Å². The van der Waals surface area contributed by atoms with Crippen LogP contribution < -0.4 is 10.5 Å². The van der Waals surface area contributed by atoms with Gasteiger partial charge in [0.1, 0.15) is 5.75 Å². The Morgan fingerprint density at radius 1 is 1.28 bits per heavy atom. The van der Waals surface area contributed by atoms with Crippen LogP contribution in [-0.2, 0) is 9.53 Å². The highest BCUT2D eigenvalue weighted by atomic mass is 16.5. The number of benzene rings is 1. The molecule has 18 heavy (non-hydrogen) atoms. The summed E-state index contributed by atoms with van der Waals surface area (Å²) in [7, 11) is 0. The maximum Gasteiger partial charge on any atom is 0.409 e. The summed E-state index contributed by atoms with van der Waals surface area (Å²) in [5, 5.41) is 0. The number of nitrogens with two attached hydrogens (primary N) is 1. The highest BCUT2D eigenvalue weighted by Crippen LogP contribution is 2.07. The average molecular weight is 251 g/mol. The minimum atomic E-state index is -0.786. The second kappa shape index (κ2) is 8.81. The van der Waals surface area contributed by atoms with Crippen molar-refractivity contribution in [2.45, 2.75) is 13.8 Å². The quantitative estimate of drug-likeness (QED) is 0.660. The van der Waals surface area contributed by atoms with E-state index in [-0.39, 0.29) is 5.97 Å². The molecule has 0 saturated heterocycles. The van der Waals surface area contributed by atoms with Crippen LogP contribution in [0.1, 0.15) is 13.8 Å². The summed E-state index contributed by atoms with van der Waals surface area (Å²) in [5.74, 6) is 0.155. The number of rotatable bonds is 3. The monoisotopic (exact) mass is 251 g/mol. The molecule has 98 valence electrons. The van der Waals surface area contributed by atoms with Crippen molar-refractivity contribution >= 4 is 12.1 Å². The first-order chi connectivity index (χ1) is 8.47. The topological polar surface area (TPSA) is 78.6 Å². The number of amides is 1. The standard InChI is InChI=1S/C7H7NO2.C6H10O2/c8-7(9)10-6-4-2-1-3-5-6;1-4-8-6(7)5(2)3/h1-5H,(H2,8,9);2,4H2,1,3H3. The molecule has 0 aromatic heterocycles. The van der Waals surface area contributed by atoms with Crippen molar-refractivity contribution in [3.8, 4) is 5.75 Å². The Kier molecular flexibility index (Phi) is 7.68. The Hall–Kier alpha value is -2.30. The summed E-state index contributed by atoms with van der Waals surface area (Å²) in [6, 6.07) is 8.67. The Morgan fingerprint density at radius 3 is 2.17 bits per heavy atom. The Morgan fingerprint density at radius 2 is 1.83 bits per heavy atom. The second-order valence-corrected chi connectivity index (χ2v) is 3.23. The van der Waals surface area contributed by atoms with Crippen molar-refractivity contribution in [3.05, 3.63) is 42.5 Å². The van der Waals surface area contributed by atoms with Crippen molar-refractivity contribution in [2.24, 2.45) is 5.73 Å². The molecular weight excluding hydrogens is 234 g/mol. The van der Waals surface area contributed by atoms with Gasteiger partial charge < -0.3 is 15.2 Å². The SMILES string of the molecule is C=C(C)C(=O)OCC.NC(=O)Oc1ccccc1. The molecule has 5 heteroatoms. The van der Waals surface area contributed by atoms with Gasteiger partial charge in [-0.15, -0.1) is 0 Å². The van der Waals surface area contributed by atoms with E-state index >= 15 is 0 Å². The first-order valence-electron chi connectivity index (χ1n) is 5.32. The number of hydrogen-bond acceptors (Lipinski definition) is 4. The van der Waals surface area contributed by atoms with Crippen LogP contribution in [0.15, 0.2) is 42.5 Å². The lowest BCUT2D eigenvalue weighted by Gasteiger charge is -1.96. The molecule has 0 aliphatic heterocycles. The van der Waals surface area contributed by atoms with E-state index in [1.54, 1.807) is 38.1 Å². The molecule has 0 unspecified atom stereocenters. The second-order valence-electron chi connectivity index (χ2n) is 3.23. The summed E-state index contributed by atoms with van der Waals surface area (Å²) in [6.07, 6.45) is -0.786. The molecule has 1 amide bonds. The molecule has 0 aliphatic rings. The predicted octanol–water partition coefficient (Wildman–Crippen LogP) is 2.27. The highest BCUT2D eigenvalue weighted by molar-refractivity contribution is 5.86. The van der Waals surface area contributed by atoms with E-state index in [0.717, 1.165) is 0 Å². The maximum absolute atomic E-state index is 10.4. The van der Waals surface area contributed by atoms with E-state index in [1.807, 2.05) is 6.07 Å². The molecule has 0 heterocycles. The van der Waals surface area contributed by atoms with Gasteiger partial charge in [0.2, 0.25) is 0 Å². The lowest BCUT2D eigenvalue weighted by Crippen LogP contribution is -2.15. The van der Waals surface area contributed by atoms with Crippen molar-refractivity contribution in [3.63, 3.8) is 0 Å². The molecule has 0 saturated carbocycles. The van der Waals surface area contributed by atoms with Gasteiger partial charge in [-0.1, -0.05) is 24.8 Å². The molecule has 1 aromatic carbocycles. The molecule has 2 N–H and O–H groups in total. The van der Waals surface area contributed by atoms with Gasteiger partial charge in [0.05, 0.1) is 6.61 Å². The van der Waals surface area contributed by atoms with Crippen LogP contribution in [0.2, 0.25) is 0 Å². The molecule has 0 atom stereocenters. The summed E-state index contributed by atoms with van der Waals surface area (Å²) in [6.45, 7) is 7.21. The van der Waals surface area contributed by atoms with Gasteiger partial charge in [-0.2, -0.15) is 0 Å². The predicted molar refractivity (Wildman–Crippen MR) is 68.1 cm³/mol. The zero-order valence-electron chi connectivity index (χ0n) is 10.5. The van der Waals surface area contributed by atoms with Crippen LogP contribution in [0.5, 0.6) is 5.75 Å². The summed E-state index contributed by atoms with van der Waals surface area (Å²) < 4.78 is 9.12. The van der Waals surface area contributed by atoms with Crippen molar-refractivity contribution < 1.29 is 19.1 Å². The van der Waals surface area contributed by atoms with E-state index in [1.165, 1.54) is 0 Å². The molecule has 1 rings (SSSR count). The number of esters is 1. The third kappa shape index (κ3) is 7.92. The van der Waals surface area contributed by atoms with Crippen LogP contribution in [0.25, 0.3) is 0 Å². The van der Waals surface area contributed by atoms with Gasteiger partial charge >= 0.3 is 12.1 Å². The third-order valence-electron chi connectivity index (χ3n) is 1.59. The number of carbonyl (C=O) groups is 2. The van der Waals surface area contributed by atoms with Gasteiger partial charge in [0, 0.05) is 5.57 Å². The molecule has 1 aromatic rings. The highest BCUT2D eigenvalue weighted by Gasteiger charge is 1.98. The minimum absolute atomic E-state index is 0.312. The molecule has 0 aliphatic carbocycles. The molecule has 0 fully saturated rings. The summed E-state index contributed by atoms with van der Waals surface area (Å²) in [5.41, 5.74) is 5.21. The Labute approximate surface area is 106 Å². The number of carbonyl (C=O) groups excluding carboxylic acids is 2. The zero-order valence-corrected chi connectivity index (χ0v) is 10.5. The normalized spacial score (nSPS) is 8.56.